The number of aromatic nitrogens is 4. The number of carboxylic acids is 1. The van der Waals surface area contributed by atoms with Gasteiger partial charge in [-0.15, -0.1) is 16.9 Å². The van der Waals surface area contributed by atoms with E-state index in [0.29, 0.717) is 48.2 Å². The number of carbonyl (C=O) groups is 1. The van der Waals surface area contributed by atoms with E-state index >= 15 is 0 Å². The topological polar surface area (TPSA) is 132 Å². The van der Waals surface area contributed by atoms with Gasteiger partial charge in [0, 0.05) is 31.0 Å². The lowest BCUT2D eigenvalue weighted by Gasteiger charge is -2.36. The van der Waals surface area contributed by atoms with Gasteiger partial charge < -0.3 is 24.8 Å². The zero-order valence-electron chi connectivity index (χ0n) is 23.3. The third-order valence-corrected chi connectivity index (χ3v) is 8.62. The highest BCUT2D eigenvalue weighted by Gasteiger charge is 2.29. The van der Waals surface area contributed by atoms with Gasteiger partial charge in [0.2, 0.25) is 5.88 Å². The number of halogens is 1. The smallest absolute Gasteiger partial charge is 0.335 e. The monoisotopic (exact) mass is 606 g/mol. The molecule has 1 fully saturated rings. The third kappa shape index (κ3) is 6.63. The molecule has 0 saturated carbocycles. The van der Waals surface area contributed by atoms with Crippen molar-refractivity contribution >= 4 is 28.8 Å². The van der Waals surface area contributed by atoms with Crippen molar-refractivity contribution in [1.29, 1.82) is 0 Å². The summed E-state index contributed by atoms with van der Waals surface area (Å²) in [6.45, 7) is 4.12. The zero-order valence-corrected chi connectivity index (χ0v) is 24.1. The molecule has 1 atom stereocenters. The van der Waals surface area contributed by atoms with Gasteiger partial charge in [-0.2, -0.15) is 5.10 Å². The lowest BCUT2D eigenvalue weighted by molar-refractivity contribution is 0.0697. The first kappa shape index (κ1) is 29.0. The normalized spacial score (nSPS) is 18.1. The Balaban J connectivity index is 0.000000315. The van der Waals surface area contributed by atoms with Gasteiger partial charge in [-0.1, -0.05) is 18.2 Å². The molecule has 3 aliphatic heterocycles. The first-order valence-corrected chi connectivity index (χ1v) is 15.1. The number of carboxylic acid groups (broad SMARTS) is 1. The molecule has 13 heteroatoms. The van der Waals surface area contributed by atoms with Crippen molar-refractivity contribution in [3.8, 4) is 11.6 Å². The Morgan fingerprint density at radius 3 is 2.70 bits per heavy atom. The summed E-state index contributed by atoms with van der Waals surface area (Å²) in [5.41, 5.74) is 2.12. The van der Waals surface area contributed by atoms with E-state index in [1.165, 1.54) is 6.07 Å². The fourth-order valence-electron chi connectivity index (χ4n) is 5.49. The number of nitrogens with zero attached hydrogens (tertiary/aromatic N) is 5. The number of thioether (sulfide) groups is 1. The van der Waals surface area contributed by atoms with E-state index in [1.807, 2.05) is 0 Å². The summed E-state index contributed by atoms with van der Waals surface area (Å²) in [6, 6.07) is 13.7. The lowest BCUT2D eigenvalue weighted by Crippen LogP contribution is -2.46. The van der Waals surface area contributed by atoms with E-state index in [9.17, 15) is 14.0 Å². The van der Waals surface area contributed by atoms with Gasteiger partial charge in [0.25, 0.3) is 5.56 Å². The molecular weight excluding hydrogens is 575 g/mol. The number of pyridine rings is 2. The maximum absolute atomic E-state index is 14.2. The Labute approximate surface area is 251 Å². The van der Waals surface area contributed by atoms with Gasteiger partial charge in [0.1, 0.15) is 12.1 Å². The predicted octanol–water partition coefficient (Wildman–Crippen LogP) is 3.38. The maximum Gasteiger partial charge on any atom is 0.335 e. The highest BCUT2D eigenvalue weighted by atomic mass is 32.2. The number of rotatable bonds is 6. The zero-order chi connectivity index (χ0) is 29.8. The Kier molecular flexibility index (Phi) is 8.82. The molecule has 224 valence electrons. The van der Waals surface area contributed by atoms with E-state index in [-0.39, 0.29) is 24.0 Å². The Bertz CT molecular complexity index is 1660. The molecule has 1 saturated heterocycles. The fourth-order valence-corrected chi connectivity index (χ4v) is 6.32. The van der Waals surface area contributed by atoms with E-state index in [2.05, 4.69) is 31.5 Å². The Morgan fingerprint density at radius 2 is 1.93 bits per heavy atom. The number of nitrogens with one attached hydrogen (secondary N) is 1. The molecule has 0 spiro atoms. The first-order chi connectivity index (χ1) is 21.0. The summed E-state index contributed by atoms with van der Waals surface area (Å²) < 4.78 is 27.2. The number of hydrogen-bond acceptors (Lipinski definition) is 10. The largest absolute Gasteiger partial charge is 0.486 e. The quantitative estimate of drug-likeness (QED) is 0.335. The van der Waals surface area contributed by atoms with Crippen LogP contribution in [0.25, 0.3) is 11.0 Å². The number of aromatic carboxylic acids is 1. The van der Waals surface area contributed by atoms with E-state index in [1.54, 1.807) is 52.7 Å². The van der Waals surface area contributed by atoms with Crippen LogP contribution in [0.2, 0.25) is 0 Å². The van der Waals surface area contributed by atoms with Gasteiger partial charge in [0.15, 0.2) is 11.6 Å². The number of piperidine rings is 1. The molecule has 11 nitrogen and oxygen atoms in total. The van der Waals surface area contributed by atoms with Crippen molar-refractivity contribution in [2.45, 2.75) is 36.4 Å². The molecular formula is C30H31FN6O5S. The summed E-state index contributed by atoms with van der Waals surface area (Å²) in [5, 5.41) is 20.5. The van der Waals surface area contributed by atoms with Crippen LogP contribution in [0, 0.1) is 5.82 Å². The summed E-state index contributed by atoms with van der Waals surface area (Å²) in [6.07, 6.45) is 3.14. The molecule has 3 aliphatic rings. The van der Waals surface area contributed by atoms with Crippen LogP contribution in [-0.2, 0) is 6.54 Å². The molecule has 1 aromatic carbocycles. The summed E-state index contributed by atoms with van der Waals surface area (Å²) >= 11 is 1.76. The van der Waals surface area contributed by atoms with Crippen LogP contribution in [0.5, 0.6) is 11.6 Å². The van der Waals surface area contributed by atoms with Gasteiger partial charge in [-0.05, 0) is 50.2 Å². The van der Waals surface area contributed by atoms with Crippen LogP contribution in [0.1, 0.15) is 34.9 Å². The minimum atomic E-state index is -0.879. The number of hydrogen-bond donors (Lipinski definition) is 2. The van der Waals surface area contributed by atoms with Crippen molar-refractivity contribution in [1.82, 2.24) is 30.0 Å². The average Bonchev–Trinajstić information content (AvgIpc) is 3.04. The Hall–Kier alpha value is -4.07. The minimum absolute atomic E-state index is 0.122. The van der Waals surface area contributed by atoms with Gasteiger partial charge in [-0.25, -0.2) is 9.18 Å². The van der Waals surface area contributed by atoms with Crippen LogP contribution in [0.15, 0.2) is 64.4 Å². The second-order valence-electron chi connectivity index (χ2n) is 10.5. The van der Waals surface area contributed by atoms with Crippen molar-refractivity contribution in [2.75, 3.05) is 38.6 Å². The van der Waals surface area contributed by atoms with Gasteiger partial charge in [0.05, 0.1) is 40.5 Å². The van der Waals surface area contributed by atoms with Crippen LogP contribution in [-0.4, -0.2) is 80.4 Å². The van der Waals surface area contributed by atoms with Crippen LogP contribution in [0.3, 0.4) is 0 Å². The predicted molar refractivity (Wildman–Crippen MR) is 158 cm³/mol. The third-order valence-electron chi connectivity index (χ3n) is 7.65. The average molecular weight is 607 g/mol. The molecule has 2 N–H and O–H groups in total. The van der Waals surface area contributed by atoms with E-state index in [4.69, 9.17) is 14.6 Å². The summed E-state index contributed by atoms with van der Waals surface area (Å²) in [4.78, 5) is 30.4. The molecule has 3 aromatic heterocycles. The van der Waals surface area contributed by atoms with Crippen molar-refractivity contribution in [2.24, 2.45) is 0 Å². The van der Waals surface area contributed by atoms with Crippen LogP contribution < -0.4 is 20.3 Å². The fraction of sp³-hybridized carbons (Fsp3) is 0.367. The van der Waals surface area contributed by atoms with Crippen LogP contribution in [0.4, 0.5) is 4.39 Å². The van der Waals surface area contributed by atoms with E-state index in [0.717, 1.165) is 48.5 Å². The number of benzene rings is 1. The molecule has 0 aliphatic carbocycles. The van der Waals surface area contributed by atoms with Crippen molar-refractivity contribution in [3.05, 3.63) is 82.2 Å². The molecule has 6 heterocycles. The SMILES string of the molecule is O=C(O)c1ccccc1.O=c1ccc2ncc(F)c3c2n1[C@H](CN1CCC(NCc2cc4c(nn2)OCCS4)CC1)CO3. The van der Waals surface area contributed by atoms with Gasteiger partial charge in [-0.3, -0.25) is 14.3 Å². The van der Waals surface area contributed by atoms with Crippen LogP contribution >= 0.6 is 11.8 Å². The molecule has 4 aromatic rings. The van der Waals surface area contributed by atoms with Gasteiger partial charge >= 0.3 is 5.97 Å². The number of fused-ring (bicyclic) bond motifs is 1. The van der Waals surface area contributed by atoms with Crippen molar-refractivity contribution in [3.63, 3.8) is 0 Å². The lowest BCUT2D eigenvalue weighted by atomic mass is 10.0. The second kappa shape index (κ2) is 13.1. The minimum Gasteiger partial charge on any atom is -0.486 e. The highest BCUT2D eigenvalue weighted by Crippen LogP contribution is 2.33. The highest BCUT2D eigenvalue weighted by molar-refractivity contribution is 7.99. The molecule has 0 unspecified atom stereocenters. The molecule has 0 amide bonds. The Morgan fingerprint density at radius 1 is 1.12 bits per heavy atom. The first-order valence-electron chi connectivity index (χ1n) is 14.1. The molecule has 0 radical (unpaired) electrons. The number of likely N-dealkylation sites (tertiary alicyclic amines) is 1. The second-order valence-corrected chi connectivity index (χ2v) is 11.6. The van der Waals surface area contributed by atoms with E-state index < -0.39 is 11.8 Å². The molecule has 43 heavy (non-hydrogen) atoms. The van der Waals surface area contributed by atoms with Crippen molar-refractivity contribution < 1.29 is 23.8 Å². The molecule has 7 rings (SSSR count). The maximum atomic E-state index is 14.2. The summed E-state index contributed by atoms with van der Waals surface area (Å²) in [5.74, 6) is 0.281. The summed E-state index contributed by atoms with van der Waals surface area (Å²) in [7, 11) is 0. The molecule has 0 bridgehead atoms. The number of ether oxygens (including phenoxy) is 2. The standard InChI is InChI=1S/C23H25FN6O3S.C7H6O2/c24-17-11-26-18-1-2-20(31)30-16(13-33-22(17)21(18)30)12-29-5-3-14(4-6-29)25-10-15-9-19-23(28-27-15)32-7-8-34-19;8-7(9)6-4-2-1-3-5-6/h1-2,9,11,14,16,25H,3-8,10,12-13H2;1-5H,(H,8,9)/t16-;/m1./s1.